The molecule has 3 N–H and O–H groups in total. The number of fused-ring (bicyclic) bond motifs is 1. The Labute approximate surface area is 232 Å². The van der Waals surface area contributed by atoms with Crippen LogP contribution in [0.25, 0.3) is 16.5 Å². The number of H-pyrrole nitrogens is 1. The van der Waals surface area contributed by atoms with Gasteiger partial charge in [-0.1, -0.05) is 26.8 Å². The maximum Gasteiger partial charge on any atom is 0.109 e. The van der Waals surface area contributed by atoms with Crippen molar-refractivity contribution in [2.24, 2.45) is 10.4 Å². The van der Waals surface area contributed by atoms with Crippen molar-refractivity contribution in [3.63, 3.8) is 0 Å². The molecule has 5 heterocycles. The first kappa shape index (κ1) is 28.2. The smallest absolute Gasteiger partial charge is 0.109 e. The van der Waals surface area contributed by atoms with Crippen LogP contribution in [0.1, 0.15) is 87.8 Å². The minimum atomic E-state index is -0.0837. The minimum Gasteiger partial charge on any atom is -0.369 e. The molecule has 1 spiro atoms. The third kappa shape index (κ3) is 5.36. The molecule has 0 bridgehead atoms. The maximum absolute atomic E-state index is 7.76. The molecule has 0 aromatic carbocycles. The topological polar surface area (TPSA) is 83.4 Å². The first-order valence-electron chi connectivity index (χ1n) is 14.4. The van der Waals surface area contributed by atoms with E-state index in [1.807, 2.05) is 39.2 Å². The molecular weight excluding hydrogens is 470 g/mol. The molecule has 38 heavy (non-hydrogen) atoms. The molecule has 0 aliphatic carbocycles. The highest BCUT2D eigenvalue weighted by atomic mass is 15.4. The van der Waals surface area contributed by atoms with E-state index in [-0.39, 0.29) is 8.52 Å². The van der Waals surface area contributed by atoms with Crippen LogP contribution in [0, 0.1) is 10.8 Å². The van der Waals surface area contributed by atoms with Gasteiger partial charge in [0.25, 0.3) is 0 Å². The zero-order valence-corrected chi connectivity index (χ0v) is 24.5. The van der Waals surface area contributed by atoms with Crippen molar-refractivity contribution in [1.82, 2.24) is 25.1 Å². The Kier molecular flexibility index (Phi) is 8.58. The fourth-order valence-electron chi connectivity index (χ4n) is 6.11. The molecule has 5 rings (SSSR count). The Balaban J connectivity index is 0.00000137. The monoisotopic (exact) mass is 521 g/mol. The second kappa shape index (κ2) is 11.5. The Morgan fingerprint density at radius 1 is 1.24 bits per heavy atom. The fourth-order valence-corrected chi connectivity index (χ4v) is 6.11. The van der Waals surface area contributed by atoms with Gasteiger partial charge in [0.1, 0.15) is 5.69 Å². The van der Waals surface area contributed by atoms with Gasteiger partial charge < -0.3 is 20.6 Å². The van der Waals surface area contributed by atoms with E-state index in [4.69, 9.17) is 15.4 Å². The van der Waals surface area contributed by atoms with Crippen LogP contribution in [0.4, 0.5) is 0 Å². The Morgan fingerprint density at radius 2 is 1.95 bits per heavy atom. The molecule has 0 saturated carbocycles. The molecule has 7 nitrogen and oxygen atoms in total. The quantitative estimate of drug-likeness (QED) is 0.354. The number of aromatic amines is 1. The summed E-state index contributed by atoms with van der Waals surface area (Å²) in [6, 6.07) is 2.07. The number of nitrogens with one attached hydrogen (secondary N) is 3. The molecular formula is C31H51N7. The number of pyridine rings is 1. The van der Waals surface area contributed by atoms with E-state index >= 15 is 0 Å². The summed E-state index contributed by atoms with van der Waals surface area (Å²) in [5.41, 5.74) is 7.68. The number of likely N-dealkylation sites (tertiary alicyclic amines) is 2. The second-order valence-corrected chi connectivity index (χ2v) is 11.4. The lowest BCUT2D eigenvalue weighted by molar-refractivity contribution is -0.101. The number of hydrogen-bond acceptors (Lipinski definition) is 6. The Hall–Kier alpha value is -2.77. The lowest BCUT2D eigenvalue weighted by atomic mass is 9.71. The first-order valence-corrected chi connectivity index (χ1v) is 14.4. The van der Waals surface area contributed by atoms with Gasteiger partial charge in [0.05, 0.1) is 22.6 Å². The molecule has 2 saturated heterocycles. The van der Waals surface area contributed by atoms with Gasteiger partial charge in [-0.25, -0.2) is 0 Å². The third-order valence-corrected chi connectivity index (χ3v) is 8.56. The van der Waals surface area contributed by atoms with E-state index in [0.29, 0.717) is 5.41 Å². The van der Waals surface area contributed by atoms with E-state index in [2.05, 4.69) is 54.0 Å². The molecule has 2 aromatic rings. The highest BCUT2D eigenvalue weighted by Crippen LogP contribution is 2.43. The van der Waals surface area contributed by atoms with Crippen LogP contribution in [0.15, 0.2) is 40.9 Å². The molecule has 0 radical (unpaired) electrons. The standard InChI is InChI=1S/C29H41N7.C2H6.2H2/c1-6-20(16-30)22-17-32-27(26-21(22)10-13-31-26)25-9-8-24(23(7-2)33-25)34-28(3,4)36-18-29(19-36)11-14-35(5)15-12-29;1-2;;/h6,10,13,16-17,30-31,34H,7-9,11-12,14-15,18-19H2,1-5H3;1-2H3;2*1H/b20-6+,30-16?;;;. The summed E-state index contributed by atoms with van der Waals surface area (Å²) in [5.74, 6) is 0. The zero-order chi connectivity index (χ0) is 27.5. The van der Waals surface area contributed by atoms with Crippen LogP contribution in [-0.4, -0.2) is 70.6 Å². The van der Waals surface area contributed by atoms with Gasteiger partial charge in [-0.05, 0) is 90.1 Å². The van der Waals surface area contributed by atoms with Crippen molar-refractivity contribution in [2.75, 3.05) is 33.2 Å². The van der Waals surface area contributed by atoms with Crippen molar-refractivity contribution < 1.29 is 2.85 Å². The fraction of sp³-hybridized carbons (Fsp3) is 0.581. The number of piperidine rings is 1. The van der Waals surface area contributed by atoms with E-state index in [9.17, 15) is 0 Å². The summed E-state index contributed by atoms with van der Waals surface area (Å²) in [7, 11) is 2.24. The molecule has 2 aromatic heterocycles. The molecule has 7 heteroatoms. The molecule has 210 valence electrons. The first-order chi connectivity index (χ1) is 18.3. The number of allylic oxidation sites excluding steroid dienone is 4. The van der Waals surface area contributed by atoms with Crippen molar-refractivity contribution in [3.05, 3.63) is 47.2 Å². The van der Waals surface area contributed by atoms with Gasteiger partial charge in [0.2, 0.25) is 0 Å². The van der Waals surface area contributed by atoms with E-state index in [0.717, 1.165) is 58.4 Å². The molecule has 2 fully saturated rings. The summed E-state index contributed by atoms with van der Waals surface area (Å²) in [5, 5.41) is 12.7. The van der Waals surface area contributed by atoms with Crippen LogP contribution in [0.5, 0.6) is 0 Å². The van der Waals surface area contributed by atoms with Crippen molar-refractivity contribution in [2.45, 2.75) is 79.3 Å². The largest absolute Gasteiger partial charge is 0.369 e. The van der Waals surface area contributed by atoms with Crippen LogP contribution in [-0.2, 0) is 0 Å². The summed E-state index contributed by atoms with van der Waals surface area (Å²) < 4.78 is 0. The normalized spacial score (nSPS) is 20.6. The molecule has 3 aliphatic rings. The maximum atomic E-state index is 7.76. The van der Waals surface area contributed by atoms with Gasteiger partial charge in [-0.15, -0.1) is 0 Å². The number of hydrogen-bond donors (Lipinski definition) is 3. The van der Waals surface area contributed by atoms with Gasteiger partial charge in [-0.3, -0.25) is 14.9 Å². The van der Waals surface area contributed by atoms with Crippen LogP contribution < -0.4 is 5.32 Å². The Bertz CT molecular complexity index is 1240. The average Bonchev–Trinajstić information content (AvgIpc) is 3.40. The van der Waals surface area contributed by atoms with Crippen LogP contribution in [0.2, 0.25) is 0 Å². The van der Waals surface area contributed by atoms with Gasteiger partial charge in [0.15, 0.2) is 0 Å². The van der Waals surface area contributed by atoms with Crippen molar-refractivity contribution in [1.29, 1.82) is 5.41 Å². The minimum absolute atomic E-state index is 0. The molecule has 0 unspecified atom stereocenters. The average molecular weight is 522 g/mol. The highest BCUT2D eigenvalue weighted by Gasteiger charge is 2.49. The molecule has 0 amide bonds. The second-order valence-electron chi connectivity index (χ2n) is 11.4. The van der Waals surface area contributed by atoms with Crippen LogP contribution >= 0.6 is 0 Å². The van der Waals surface area contributed by atoms with Crippen molar-refractivity contribution >= 4 is 28.4 Å². The van der Waals surface area contributed by atoms with Gasteiger partial charge >= 0.3 is 0 Å². The van der Waals surface area contributed by atoms with E-state index in [1.54, 1.807) is 0 Å². The van der Waals surface area contributed by atoms with E-state index in [1.165, 1.54) is 50.9 Å². The molecule has 3 aliphatic heterocycles. The predicted molar refractivity (Wildman–Crippen MR) is 165 cm³/mol. The summed E-state index contributed by atoms with van der Waals surface area (Å²) in [6.45, 7) is 17.6. The predicted octanol–water partition coefficient (Wildman–Crippen LogP) is 6.69. The summed E-state index contributed by atoms with van der Waals surface area (Å²) >= 11 is 0. The zero-order valence-electron chi connectivity index (χ0n) is 24.5. The molecule has 0 atom stereocenters. The lowest BCUT2D eigenvalue weighted by Crippen LogP contribution is -2.69. The summed E-state index contributed by atoms with van der Waals surface area (Å²) in [6.07, 6.45) is 12.5. The lowest BCUT2D eigenvalue weighted by Gasteiger charge is -2.59. The van der Waals surface area contributed by atoms with Gasteiger partial charge in [0, 0.05) is 51.2 Å². The van der Waals surface area contributed by atoms with E-state index < -0.39 is 0 Å². The number of nitrogens with zero attached hydrogens (tertiary/aromatic N) is 4. The SMILES string of the molecule is C/C=C(\C=N)c1cnc(C2=NC(CC)=C(NC(C)(C)N3CC4(CCN(C)CC4)C3)CC2)c2[nH]ccc12.CC.[HH].[HH]. The van der Waals surface area contributed by atoms with Crippen molar-refractivity contribution in [3.8, 4) is 0 Å². The number of aliphatic imine (C=N–C) groups is 1. The Morgan fingerprint density at radius 3 is 2.58 bits per heavy atom. The third-order valence-electron chi connectivity index (χ3n) is 8.56. The summed E-state index contributed by atoms with van der Waals surface area (Å²) in [4.78, 5) is 18.4. The highest BCUT2D eigenvalue weighted by molar-refractivity contribution is 6.16. The number of aromatic nitrogens is 2. The van der Waals surface area contributed by atoms with Crippen LogP contribution in [0.3, 0.4) is 0 Å². The number of rotatable bonds is 7. The van der Waals surface area contributed by atoms with Gasteiger partial charge in [-0.2, -0.15) is 0 Å².